The molecule has 0 N–H and O–H groups in total. The van der Waals surface area contributed by atoms with Crippen LogP contribution in [-0.4, -0.2) is 23.7 Å². The van der Waals surface area contributed by atoms with Crippen molar-refractivity contribution in [1.82, 2.24) is 0 Å². The lowest BCUT2D eigenvalue weighted by molar-refractivity contribution is -0.759. The van der Waals surface area contributed by atoms with Gasteiger partial charge in [0.2, 0.25) is 0 Å². The van der Waals surface area contributed by atoms with Gasteiger partial charge in [0, 0.05) is 0 Å². The Balaban J connectivity index is 2.11. The number of carbonyl (C=O) groups is 1. The number of carbonyl (C=O) groups excluding carboxylic acids is 1. The van der Waals surface area contributed by atoms with Crippen molar-refractivity contribution in [3.63, 3.8) is 0 Å². The molecule has 0 aliphatic heterocycles. The van der Waals surface area contributed by atoms with Gasteiger partial charge in [0.05, 0.1) is 12.5 Å². The minimum atomic E-state index is -0.829. The summed E-state index contributed by atoms with van der Waals surface area (Å²) in [6, 6.07) is -0.147. The zero-order chi connectivity index (χ0) is 10.6. The maximum absolute atomic E-state index is 11.0. The molecule has 0 radical (unpaired) electrons. The number of ether oxygens (including phenoxy) is 1. The fourth-order valence-corrected chi connectivity index (χ4v) is 1.51. The third kappa shape index (κ3) is 3.02. The topological polar surface area (TPSA) is 78.7 Å². The predicted molar refractivity (Wildman–Crippen MR) is 46.0 cm³/mol. The molecule has 1 aliphatic carbocycles. The Kier molecular flexibility index (Phi) is 3.94. The molecule has 0 aromatic carbocycles. The Morgan fingerprint density at radius 1 is 1.57 bits per heavy atom. The first-order valence-electron chi connectivity index (χ1n) is 4.13. The molecule has 1 saturated carbocycles. The van der Waals surface area contributed by atoms with Gasteiger partial charge in [-0.1, -0.05) is 11.6 Å². The summed E-state index contributed by atoms with van der Waals surface area (Å²) in [4.78, 5) is 25.0. The van der Waals surface area contributed by atoms with E-state index in [1.54, 1.807) is 0 Å². The van der Waals surface area contributed by atoms with Gasteiger partial charge in [-0.2, -0.15) is 0 Å². The van der Waals surface area contributed by atoms with Gasteiger partial charge in [0.1, 0.15) is 0 Å². The predicted octanol–water partition coefficient (Wildman–Crippen LogP) is 0.960. The van der Waals surface area contributed by atoms with Crippen molar-refractivity contribution in [3.05, 3.63) is 10.1 Å². The second-order valence-electron chi connectivity index (χ2n) is 3.13. The summed E-state index contributed by atoms with van der Waals surface area (Å²) in [6.07, 6.45) is 1.15. The van der Waals surface area contributed by atoms with Crippen molar-refractivity contribution < 1.29 is 19.5 Å². The van der Waals surface area contributed by atoms with Crippen molar-refractivity contribution in [2.24, 2.45) is 11.8 Å². The van der Waals surface area contributed by atoms with Gasteiger partial charge >= 0.3 is 5.97 Å². The minimum Gasteiger partial charge on any atom is -0.449 e. The maximum atomic E-state index is 11.0. The van der Waals surface area contributed by atoms with Gasteiger partial charge in [0.25, 0.3) is 5.09 Å². The zero-order valence-electron chi connectivity index (χ0n) is 7.35. The highest BCUT2D eigenvalue weighted by Crippen LogP contribution is 2.34. The molecule has 7 heteroatoms. The normalized spacial score (nSPS) is 24.9. The Morgan fingerprint density at radius 3 is 2.71 bits per heavy atom. The molecular weight excluding hydrogens is 214 g/mol. The van der Waals surface area contributed by atoms with Crippen LogP contribution >= 0.6 is 11.6 Å². The zero-order valence-corrected chi connectivity index (χ0v) is 8.11. The SMILES string of the molecule is O=C(OCCl)C1CC(CO[N+](=O)[O-])C1. The van der Waals surface area contributed by atoms with Gasteiger partial charge in [0.15, 0.2) is 6.07 Å². The third-order valence-corrected chi connectivity index (χ3v) is 2.29. The van der Waals surface area contributed by atoms with E-state index in [-0.39, 0.29) is 30.5 Å². The van der Waals surface area contributed by atoms with Gasteiger partial charge in [-0.25, -0.2) is 0 Å². The van der Waals surface area contributed by atoms with Gasteiger partial charge in [-0.3, -0.25) is 4.79 Å². The Bertz CT molecular complexity index is 228. The van der Waals surface area contributed by atoms with E-state index in [0.29, 0.717) is 12.8 Å². The quantitative estimate of drug-likeness (QED) is 0.300. The van der Waals surface area contributed by atoms with Crippen molar-refractivity contribution in [2.45, 2.75) is 12.8 Å². The van der Waals surface area contributed by atoms with Crippen LogP contribution in [0, 0.1) is 22.0 Å². The fraction of sp³-hybridized carbons (Fsp3) is 0.857. The standard InChI is InChI=1S/C7H10ClNO5/c8-4-13-7(10)6-1-5(2-6)3-14-9(11)12/h5-6H,1-4H2. The molecule has 80 valence electrons. The number of hydrogen-bond acceptors (Lipinski definition) is 5. The van der Waals surface area contributed by atoms with Crippen LogP contribution in [0.5, 0.6) is 0 Å². The van der Waals surface area contributed by atoms with E-state index >= 15 is 0 Å². The minimum absolute atomic E-state index is 0.0532. The summed E-state index contributed by atoms with van der Waals surface area (Å²) in [5.41, 5.74) is 0. The van der Waals surface area contributed by atoms with E-state index < -0.39 is 5.09 Å². The lowest BCUT2D eigenvalue weighted by Gasteiger charge is -2.32. The van der Waals surface area contributed by atoms with Crippen LogP contribution in [0.1, 0.15) is 12.8 Å². The first-order valence-corrected chi connectivity index (χ1v) is 4.67. The Labute approximate surface area is 85.2 Å². The van der Waals surface area contributed by atoms with Crippen LogP contribution in [0.25, 0.3) is 0 Å². The molecule has 0 aromatic rings. The van der Waals surface area contributed by atoms with Crippen molar-refractivity contribution >= 4 is 17.6 Å². The van der Waals surface area contributed by atoms with Crippen molar-refractivity contribution in [3.8, 4) is 0 Å². The maximum Gasteiger partial charge on any atom is 0.310 e. The molecule has 0 heterocycles. The van der Waals surface area contributed by atoms with Gasteiger partial charge < -0.3 is 9.57 Å². The third-order valence-electron chi connectivity index (χ3n) is 2.18. The van der Waals surface area contributed by atoms with E-state index in [1.807, 2.05) is 0 Å². The van der Waals surface area contributed by atoms with Crippen LogP contribution in [0.4, 0.5) is 0 Å². The highest BCUT2D eigenvalue weighted by molar-refractivity contribution is 6.17. The fourth-order valence-electron chi connectivity index (χ4n) is 1.40. The average Bonchev–Trinajstić information content (AvgIpc) is 2.01. The average molecular weight is 224 g/mol. The molecular formula is C7H10ClNO5. The lowest BCUT2D eigenvalue weighted by Crippen LogP contribution is -2.34. The number of rotatable bonds is 5. The molecule has 1 fully saturated rings. The number of esters is 1. The summed E-state index contributed by atoms with van der Waals surface area (Å²) in [5.74, 6) is -0.431. The Morgan fingerprint density at radius 2 is 2.21 bits per heavy atom. The van der Waals surface area contributed by atoms with E-state index in [9.17, 15) is 14.9 Å². The highest BCUT2D eigenvalue weighted by Gasteiger charge is 2.35. The number of alkyl halides is 1. The molecule has 0 atom stereocenters. The lowest BCUT2D eigenvalue weighted by atomic mass is 9.75. The molecule has 0 bridgehead atoms. The van der Waals surface area contributed by atoms with Gasteiger partial charge in [-0.05, 0) is 18.8 Å². The largest absolute Gasteiger partial charge is 0.449 e. The summed E-state index contributed by atoms with van der Waals surface area (Å²) < 4.78 is 4.57. The van der Waals surface area contributed by atoms with Crippen molar-refractivity contribution in [1.29, 1.82) is 0 Å². The van der Waals surface area contributed by atoms with Crippen LogP contribution in [0.2, 0.25) is 0 Å². The molecule has 0 spiro atoms. The van der Waals surface area contributed by atoms with E-state index in [1.165, 1.54) is 0 Å². The molecule has 1 aliphatic rings. The summed E-state index contributed by atoms with van der Waals surface area (Å²) >= 11 is 5.20. The second-order valence-corrected chi connectivity index (χ2v) is 3.34. The van der Waals surface area contributed by atoms with Crippen LogP contribution in [0.15, 0.2) is 0 Å². The summed E-state index contributed by atoms with van der Waals surface area (Å²) in [5, 5.41) is 9.01. The first kappa shape index (κ1) is 11.0. The number of halogens is 1. The van der Waals surface area contributed by atoms with Crippen LogP contribution in [0.3, 0.4) is 0 Å². The summed E-state index contributed by atoms with van der Waals surface area (Å²) in [7, 11) is 0. The van der Waals surface area contributed by atoms with E-state index in [2.05, 4.69) is 9.57 Å². The molecule has 0 amide bonds. The van der Waals surface area contributed by atoms with Crippen LogP contribution < -0.4 is 0 Å². The number of nitrogens with zero attached hydrogens (tertiary/aromatic N) is 1. The molecule has 14 heavy (non-hydrogen) atoms. The smallest absolute Gasteiger partial charge is 0.310 e. The summed E-state index contributed by atoms with van der Waals surface area (Å²) in [6.45, 7) is 0.0532. The second kappa shape index (κ2) is 4.99. The Hall–Kier alpha value is -1.04. The highest BCUT2D eigenvalue weighted by atomic mass is 35.5. The monoisotopic (exact) mass is 223 g/mol. The van der Waals surface area contributed by atoms with Crippen LogP contribution in [-0.2, 0) is 14.4 Å². The molecule has 6 nitrogen and oxygen atoms in total. The number of hydrogen-bond donors (Lipinski definition) is 0. The van der Waals surface area contributed by atoms with E-state index in [4.69, 9.17) is 11.6 Å². The molecule has 0 saturated heterocycles. The van der Waals surface area contributed by atoms with Gasteiger partial charge in [-0.15, -0.1) is 10.1 Å². The molecule has 1 rings (SSSR count). The van der Waals surface area contributed by atoms with Crippen molar-refractivity contribution in [2.75, 3.05) is 12.7 Å². The molecule has 0 aromatic heterocycles. The molecule has 0 unspecified atom stereocenters. The van der Waals surface area contributed by atoms with E-state index in [0.717, 1.165) is 0 Å². The first-order chi connectivity index (χ1) is 6.63.